The Kier molecular flexibility index (Phi) is 4.00. The van der Waals surface area contributed by atoms with E-state index in [0.717, 1.165) is 10.0 Å². The molecule has 0 saturated heterocycles. The molecule has 2 aromatic rings. The number of hydrogen-bond acceptors (Lipinski definition) is 3. The lowest BCUT2D eigenvalue weighted by molar-refractivity contribution is 0.644. The Labute approximate surface area is 112 Å². The second-order valence-electron chi connectivity index (χ2n) is 3.28. The second kappa shape index (κ2) is 5.29. The van der Waals surface area contributed by atoms with Gasteiger partial charge in [-0.25, -0.2) is 5.43 Å². The Bertz CT molecular complexity index is 473. The molecule has 16 heavy (non-hydrogen) atoms. The molecule has 0 spiro atoms. The van der Waals surface area contributed by atoms with E-state index in [0.29, 0.717) is 5.02 Å². The zero-order chi connectivity index (χ0) is 11.5. The number of nitrogens with two attached hydrogens (primary N) is 1. The average molecular weight is 318 g/mol. The molecule has 3 N–H and O–H groups in total. The van der Waals surface area contributed by atoms with Crippen molar-refractivity contribution < 1.29 is 0 Å². The van der Waals surface area contributed by atoms with Crippen molar-refractivity contribution in [2.24, 2.45) is 5.84 Å². The van der Waals surface area contributed by atoms with E-state index in [9.17, 15) is 0 Å². The van der Waals surface area contributed by atoms with Gasteiger partial charge in [0.05, 0.1) is 6.04 Å². The number of thiophene rings is 1. The third-order valence-electron chi connectivity index (χ3n) is 2.27. The molecule has 0 radical (unpaired) electrons. The summed E-state index contributed by atoms with van der Waals surface area (Å²) in [6.45, 7) is 0. The molecule has 0 bridgehead atoms. The summed E-state index contributed by atoms with van der Waals surface area (Å²) in [7, 11) is 0. The largest absolute Gasteiger partial charge is 0.271 e. The van der Waals surface area contributed by atoms with Crippen LogP contribution in [0.5, 0.6) is 0 Å². The predicted molar refractivity (Wildman–Crippen MR) is 72.6 cm³/mol. The summed E-state index contributed by atoms with van der Waals surface area (Å²) >= 11 is 11.1. The van der Waals surface area contributed by atoms with E-state index < -0.39 is 0 Å². The lowest BCUT2D eigenvalue weighted by Gasteiger charge is -2.16. The van der Waals surface area contributed by atoms with E-state index in [1.807, 2.05) is 29.6 Å². The van der Waals surface area contributed by atoms with E-state index in [1.165, 1.54) is 4.88 Å². The topological polar surface area (TPSA) is 38.0 Å². The molecular weight excluding hydrogens is 308 g/mol. The summed E-state index contributed by atoms with van der Waals surface area (Å²) in [6, 6.07) is 9.75. The van der Waals surface area contributed by atoms with Gasteiger partial charge in [0, 0.05) is 14.4 Å². The molecule has 1 heterocycles. The number of benzene rings is 1. The molecule has 1 aromatic carbocycles. The second-order valence-corrected chi connectivity index (χ2v) is 5.55. The van der Waals surface area contributed by atoms with Crippen LogP contribution >= 0.6 is 38.9 Å². The van der Waals surface area contributed by atoms with Gasteiger partial charge in [0.2, 0.25) is 0 Å². The summed E-state index contributed by atoms with van der Waals surface area (Å²) in [5.41, 5.74) is 3.90. The summed E-state index contributed by atoms with van der Waals surface area (Å²) < 4.78 is 0.955. The molecule has 2 rings (SSSR count). The van der Waals surface area contributed by atoms with Crippen molar-refractivity contribution in [3.05, 3.63) is 55.6 Å². The fraction of sp³-hybridized carbons (Fsp3) is 0.0909. The molecule has 2 nitrogen and oxygen atoms in total. The lowest BCUT2D eigenvalue weighted by Crippen LogP contribution is -2.28. The molecule has 84 valence electrons. The first kappa shape index (κ1) is 12.1. The standard InChI is InChI=1S/C11H10BrClN2S/c12-9-6-7(13)3-4-8(9)11(15-14)10-2-1-5-16-10/h1-6,11,15H,14H2. The molecule has 1 atom stereocenters. The molecule has 0 fully saturated rings. The SMILES string of the molecule is NNC(c1cccs1)c1ccc(Cl)cc1Br. The Balaban J connectivity index is 2.41. The maximum atomic E-state index is 5.91. The molecule has 1 aromatic heterocycles. The van der Waals surface area contributed by atoms with Gasteiger partial charge in [-0.15, -0.1) is 11.3 Å². The van der Waals surface area contributed by atoms with E-state index in [2.05, 4.69) is 27.4 Å². The van der Waals surface area contributed by atoms with Gasteiger partial charge in [0.25, 0.3) is 0 Å². The highest BCUT2D eigenvalue weighted by molar-refractivity contribution is 9.10. The van der Waals surface area contributed by atoms with Gasteiger partial charge in [-0.1, -0.05) is 39.7 Å². The van der Waals surface area contributed by atoms with Gasteiger partial charge in [-0.05, 0) is 29.1 Å². The fourth-order valence-electron chi connectivity index (χ4n) is 1.52. The lowest BCUT2D eigenvalue weighted by atomic mass is 10.1. The molecule has 0 aliphatic rings. The summed E-state index contributed by atoms with van der Waals surface area (Å²) in [6.07, 6.45) is 0. The Morgan fingerprint density at radius 3 is 2.75 bits per heavy atom. The Morgan fingerprint density at radius 1 is 1.38 bits per heavy atom. The van der Waals surface area contributed by atoms with Gasteiger partial charge in [-0.2, -0.15) is 0 Å². The van der Waals surface area contributed by atoms with Crippen LogP contribution in [-0.4, -0.2) is 0 Å². The summed E-state index contributed by atoms with van der Waals surface area (Å²) in [5, 5.41) is 2.74. The van der Waals surface area contributed by atoms with Crippen LogP contribution < -0.4 is 11.3 Å². The highest BCUT2D eigenvalue weighted by Crippen LogP contribution is 2.32. The molecule has 1 unspecified atom stereocenters. The highest BCUT2D eigenvalue weighted by atomic mass is 79.9. The van der Waals surface area contributed by atoms with Crippen molar-refractivity contribution in [3.8, 4) is 0 Å². The van der Waals surface area contributed by atoms with Crippen molar-refractivity contribution in [1.29, 1.82) is 0 Å². The van der Waals surface area contributed by atoms with Crippen molar-refractivity contribution in [2.75, 3.05) is 0 Å². The monoisotopic (exact) mass is 316 g/mol. The minimum Gasteiger partial charge on any atom is -0.271 e. The molecule has 0 aliphatic heterocycles. The first-order valence-corrected chi connectivity index (χ1v) is 6.72. The Morgan fingerprint density at radius 2 is 2.19 bits per heavy atom. The third-order valence-corrected chi connectivity index (χ3v) is 4.13. The number of nitrogens with one attached hydrogen (secondary N) is 1. The van der Waals surface area contributed by atoms with E-state index in [-0.39, 0.29) is 6.04 Å². The van der Waals surface area contributed by atoms with Crippen molar-refractivity contribution in [3.63, 3.8) is 0 Å². The van der Waals surface area contributed by atoms with Crippen LogP contribution in [-0.2, 0) is 0 Å². The highest BCUT2D eigenvalue weighted by Gasteiger charge is 2.16. The Hall–Kier alpha value is -0.390. The zero-order valence-electron chi connectivity index (χ0n) is 8.28. The van der Waals surface area contributed by atoms with Gasteiger partial charge >= 0.3 is 0 Å². The van der Waals surface area contributed by atoms with Crippen LogP contribution in [0.3, 0.4) is 0 Å². The van der Waals surface area contributed by atoms with Crippen LogP contribution in [0.15, 0.2) is 40.2 Å². The van der Waals surface area contributed by atoms with Crippen LogP contribution in [0.25, 0.3) is 0 Å². The molecular formula is C11H10BrClN2S. The zero-order valence-corrected chi connectivity index (χ0v) is 11.4. The molecule has 0 saturated carbocycles. The number of hydrogen-bond donors (Lipinski definition) is 2. The average Bonchev–Trinajstić information content (AvgIpc) is 2.75. The summed E-state index contributed by atoms with van der Waals surface area (Å²) in [4.78, 5) is 1.17. The van der Waals surface area contributed by atoms with Gasteiger partial charge in [0.15, 0.2) is 0 Å². The maximum Gasteiger partial charge on any atom is 0.0813 e. The van der Waals surface area contributed by atoms with Gasteiger partial charge in [-0.3, -0.25) is 5.84 Å². The molecule has 5 heteroatoms. The van der Waals surface area contributed by atoms with Crippen LogP contribution in [0.4, 0.5) is 0 Å². The maximum absolute atomic E-state index is 5.91. The number of rotatable bonds is 3. The van der Waals surface area contributed by atoms with Crippen LogP contribution in [0, 0.1) is 0 Å². The summed E-state index contributed by atoms with van der Waals surface area (Å²) in [5.74, 6) is 5.61. The van der Waals surface area contributed by atoms with Gasteiger partial charge < -0.3 is 0 Å². The number of hydrazine groups is 1. The van der Waals surface area contributed by atoms with Gasteiger partial charge in [0.1, 0.15) is 0 Å². The normalized spacial score (nSPS) is 12.7. The first-order chi connectivity index (χ1) is 7.72. The molecule has 0 amide bonds. The van der Waals surface area contributed by atoms with Crippen LogP contribution in [0.2, 0.25) is 5.02 Å². The minimum absolute atomic E-state index is 0.00774. The van der Waals surface area contributed by atoms with Crippen molar-refractivity contribution in [1.82, 2.24) is 5.43 Å². The third kappa shape index (κ3) is 2.47. The van der Waals surface area contributed by atoms with E-state index >= 15 is 0 Å². The smallest absolute Gasteiger partial charge is 0.0813 e. The van der Waals surface area contributed by atoms with Crippen molar-refractivity contribution in [2.45, 2.75) is 6.04 Å². The first-order valence-electron chi connectivity index (χ1n) is 4.67. The quantitative estimate of drug-likeness (QED) is 0.669. The predicted octanol–water partition coefficient (Wildman–Crippen LogP) is 3.72. The minimum atomic E-state index is -0.00774. The van der Waals surface area contributed by atoms with E-state index in [1.54, 1.807) is 11.3 Å². The fourth-order valence-corrected chi connectivity index (χ4v) is 3.23. The molecule has 0 aliphatic carbocycles. The van der Waals surface area contributed by atoms with E-state index in [4.69, 9.17) is 17.4 Å². The van der Waals surface area contributed by atoms with Crippen LogP contribution in [0.1, 0.15) is 16.5 Å². The number of halogens is 2. The van der Waals surface area contributed by atoms with Crippen molar-refractivity contribution >= 4 is 38.9 Å².